The van der Waals surface area contributed by atoms with Crippen molar-refractivity contribution in [2.24, 2.45) is 4.99 Å². The van der Waals surface area contributed by atoms with Gasteiger partial charge >= 0.3 is 0 Å². The first-order valence-corrected chi connectivity index (χ1v) is 6.86. The highest BCUT2D eigenvalue weighted by molar-refractivity contribution is 5.79. The molecule has 0 saturated carbocycles. The number of aromatic nitrogens is 2. The lowest BCUT2D eigenvalue weighted by Gasteiger charge is -2.02. The van der Waals surface area contributed by atoms with Crippen LogP contribution in [0, 0.1) is 0 Å². The van der Waals surface area contributed by atoms with E-state index in [1.54, 1.807) is 13.3 Å². The molecule has 0 aliphatic heterocycles. The first kappa shape index (κ1) is 14.0. The number of aliphatic imine (C=N–C) groups is 1. The van der Waals surface area contributed by atoms with E-state index in [4.69, 9.17) is 9.26 Å². The van der Waals surface area contributed by atoms with Gasteiger partial charge in [0.15, 0.2) is 5.76 Å². The van der Waals surface area contributed by atoms with Crippen molar-refractivity contribution in [3.8, 4) is 17.1 Å². The van der Waals surface area contributed by atoms with E-state index >= 15 is 0 Å². The average molecular weight is 293 g/mol. The smallest absolute Gasteiger partial charge is 0.222 e. The maximum atomic E-state index is 5.31. The molecule has 0 unspecified atom stereocenters. The molecule has 3 rings (SSSR count). The number of hydrogen-bond donors (Lipinski definition) is 0. The number of benzene rings is 1. The normalized spacial score (nSPS) is 11.0. The minimum absolute atomic E-state index is 0.435. The lowest BCUT2D eigenvalue weighted by Crippen LogP contribution is -1.90. The molecule has 5 heteroatoms. The van der Waals surface area contributed by atoms with Gasteiger partial charge in [0.1, 0.15) is 5.69 Å². The second-order valence-corrected chi connectivity index (χ2v) is 4.62. The van der Waals surface area contributed by atoms with Crippen molar-refractivity contribution in [3.63, 3.8) is 0 Å². The average Bonchev–Trinajstić information content (AvgIpc) is 3.04. The maximum absolute atomic E-state index is 5.31. The molecule has 0 aliphatic carbocycles. The summed E-state index contributed by atoms with van der Waals surface area (Å²) < 4.78 is 10.5. The summed E-state index contributed by atoms with van der Waals surface area (Å²) in [4.78, 5) is 8.51. The van der Waals surface area contributed by atoms with Crippen molar-refractivity contribution in [2.45, 2.75) is 6.54 Å². The Labute approximate surface area is 128 Å². The molecule has 0 radical (unpaired) electrons. The van der Waals surface area contributed by atoms with Gasteiger partial charge in [-0.3, -0.25) is 4.99 Å². The van der Waals surface area contributed by atoms with Crippen LogP contribution in [-0.2, 0) is 6.54 Å². The highest BCUT2D eigenvalue weighted by Crippen LogP contribution is 2.27. The molecule has 110 valence electrons. The van der Waals surface area contributed by atoms with Crippen LogP contribution in [0.25, 0.3) is 11.3 Å². The van der Waals surface area contributed by atoms with Crippen LogP contribution >= 0.6 is 0 Å². The molecule has 0 aliphatic rings. The second kappa shape index (κ2) is 6.67. The molecule has 22 heavy (non-hydrogen) atoms. The van der Waals surface area contributed by atoms with Gasteiger partial charge in [-0.15, -0.1) is 0 Å². The monoisotopic (exact) mass is 293 g/mol. The molecule has 0 N–H and O–H groups in total. The number of ether oxygens (including phenoxy) is 1. The topological polar surface area (TPSA) is 60.5 Å². The Morgan fingerprint density at radius 2 is 2.05 bits per heavy atom. The number of pyridine rings is 1. The van der Waals surface area contributed by atoms with E-state index in [0.29, 0.717) is 23.9 Å². The molecule has 2 aromatic heterocycles. The quantitative estimate of drug-likeness (QED) is 0.677. The van der Waals surface area contributed by atoms with Crippen molar-refractivity contribution in [1.29, 1.82) is 0 Å². The summed E-state index contributed by atoms with van der Waals surface area (Å²) in [6, 6.07) is 15.5. The molecule has 0 saturated heterocycles. The lowest BCUT2D eigenvalue weighted by molar-refractivity contribution is 0.384. The molecule has 5 nitrogen and oxygen atoms in total. The third kappa shape index (κ3) is 3.20. The Bertz CT molecular complexity index is 766. The van der Waals surface area contributed by atoms with Gasteiger partial charge in [0.25, 0.3) is 0 Å². The van der Waals surface area contributed by atoms with E-state index in [0.717, 1.165) is 11.1 Å². The fraction of sp³-hybridized carbons (Fsp3) is 0.118. The van der Waals surface area contributed by atoms with Crippen molar-refractivity contribution in [2.75, 3.05) is 7.11 Å². The predicted molar refractivity (Wildman–Crippen MR) is 84.0 cm³/mol. The Hall–Kier alpha value is -2.95. The molecule has 0 atom stereocenters. The van der Waals surface area contributed by atoms with E-state index in [1.165, 1.54) is 0 Å². The molecule has 0 bridgehead atoms. The SMILES string of the molecule is COc1ncccc1-c1cc(C/N=C/c2ccccc2)on1. The number of hydrogen-bond acceptors (Lipinski definition) is 5. The molecular formula is C17H15N3O2. The van der Waals surface area contributed by atoms with Gasteiger partial charge in [-0.25, -0.2) is 4.98 Å². The summed E-state index contributed by atoms with van der Waals surface area (Å²) in [5, 5.41) is 4.05. The van der Waals surface area contributed by atoms with Crippen molar-refractivity contribution < 1.29 is 9.26 Å². The summed E-state index contributed by atoms with van der Waals surface area (Å²) in [6.07, 6.45) is 3.49. The molecular weight excluding hydrogens is 278 g/mol. The fourth-order valence-corrected chi connectivity index (χ4v) is 2.04. The number of nitrogens with zero attached hydrogens (tertiary/aromatic N) is 3. The Morgan fingerprint density at radius 3 is 2.86 bits per heavy atom. The number of rotatable bonds is 5. The fourth-order valence-electron chi connectivity index (χ4n) is 2.04. The summed E-state index contributed by atoms with van der Waals surface area (Å²) >= 11 is 0. The van der Waals surface area contributed by atoms with Crippen LogP contribution in [0.2, 0.25) is 0 Å². The van der Waals surface area contributed by atoms with Crippen molar-refractivity contribution >= 4 is 6.21 Å². The van der Waals surface area contributed by atoms with Crippen LogP contribution in [0.3, 0.4) is 0 Å². The zero-order chi connectivity index (χ0) is 15.2. The van der Waals surface area contributed by atoms with Crippen LogP contribution in [0.4, 0.5) is 0 Å². The van der Waals surface area contributed by atoms with Gasteiger partial charge in [0, 0.05) is 18.5 Å². The summed E-state index contributed by atoms with van der Waals surface area (Å²) in [6.45, 7) is 0.435. The van der Waals surface area contributed by atoms with E-state index in [1.807, 2.05) is 54.7 Å². The highest BCUT2D eigenvalue weighted by Gasteiger charge is 2.11. The van der Waals surface area contributed by atoms with Crippen molar-refractivity contribution in [1.82, 2.24) is 10.1 Å². The lowest BCUT2D eigenvalue weighted by atomic mass is 10.2. The molecule has 0 amide bonds. The van der Waals surface area contributed by atoms with Crippen LogP contribution in [0.15, 0.2) is 64.2 Å². The summed E-state index contributed by atoms with van der Waals surface area (Å²) in [5.41, 5.74) is 2.54. The summed E-state index contributed by atoms with van der Waals surface area (Å²) in [5.74, 6) is 1.21. The standard InChI is InChI=1S/C17H15N3O2/c1-21-17-15(8-5-9-19-17)16-10-14(22-20-16)12-18-11-13-6-3-2-4-7-13/h2-11H,12H2,1H3/b18-11+. The van der Waals surface area contributed by atoms with Gasteiger partial charge in [-0.1, -0.05) is 35.5 Å². The van der Waals surface area contributed by atoms with E-state index in [2.05, 4.69) is 15.1 Å². The maximum Gasteiger partial charge on any atom is 0.222 e. The third-order valence-electron chi connectivity index (χ3n) is 3.09. The van der Waals surface area contributed by atoms with E-state index in [9.17, 15) is 0 Å². The Morgan fingerprint density at radius 1 is 1.18 bits per heavy atom. The minimum Gasteiger partial charge on any atom is -0.481 e. The zero-order valence-corrected chi connectivity index (χ0v) is 12.1. The number of methoxy groups -OCH3 is 1. The van der Waals surface area contributed by atoms with Gasteiger partial charge in [0.2, 0.25) is 5.88 Å². The van der Waals surface area contributed by atoms with Crippen molar-refractivity contribution in [3.05, 3.63) is 66.1 Å². The van der Waals surface area contributed by atoms with Crippen LogP contribution in [0.5, 0.6) is 5.88 Å². The molecule has 1 aromatic carbocycles. The Balaban J connectivity index is 1.73. The van der Waals surface area contributed by atoms with Gasteiger partial charge in [-0.05, 0) is 17.7 Å². The van der Waals surface area contributed by atoms with Crippen LogP contribution in [-0.4, -0.2) is 23.5 Å². The second-order valence-electron chi connectivity index (χ2n) is 4.62. The van der Waals surface area contributed by atoms with E-state index in [-0.39, 0.29) is 0 Å². The minimum atomic E-state index is 0.435. The first-order chi connectivity index (χ1) is 10.9. The van der Waals surface area contributed by atoms with E-state index < -0.39 is 0 Å². The molecule has 3 aromatic rings. The highest BCUT2D eigenvalue weighted by atomic mass is 16.5. The van der Waals surface area contributed by atoms with Crippen LogP contribution < -0.4 is 4.74 Å². The largest absolute Gasteiger partial charge is 0.481 e. The Kier molecular flexibility index (Phi) is 4.25. The molecule has 0 spiro atoms. The van der Waals surface area contributed by atoms with Gasteiger partial charge in [0.05, 0.1) is 19.2 Å². The first-order valence-electron chi connectivity index (χ1n) is 6.86. The van der Waals surface area contributed by atoms with Crippen LogP contribution in [0.1, 0.15) is 11.3 Å². The molecule has 0 fully saturated rings. The third-order valence-corrected chi connectivity index (χ3v) is 3.09. The van der Waals surface area contributed by atoms with Gasteiger partial charge in [-0.2, -0.15) is 0 Å². The molecule has 2 heterocycles. The van der Waals surface area contributed by atoms with Gasteiger partial charge < -0.3 is 9.26 Å². The zero-order valence-electron chi connectivity index (χ0n) is 12.1. The predicted octanol–water partition coefficient (Wildman–Crippen LogP) is 3.36. The summed E-state index contributed by atoms with van der Waals surface area (Å²) in [7, 11) is 1.58.